The molecule has 0 aliphatic carbocycles. The summed E-state index contributed by atoms with van der Waals surface area (Å²) >= 11 is 0. The molecule has 0 saturated carbocycles. The number of rotatable bonds is 6. The Morgan fingerprint density at radius 2 is 2.13 bits per heavy atom. The first-order valence-electron chi connectivity index (χ1n) is 7.56. The average molecular weight is 323 g/mol. The highest BCUT2D eigenvalue weighted by Crippen LogP contribution is 2.17. The van der Waals surface area contributed by atoms with Crippen LogP contribution in [0.4, 0.5) is 0 Å². The molecule has 23 heavy (non-hydrogen) atoms. The van der Waals surface area contributed by atoms with Crippen LogP contribution in [0.5, 0.6) is 0 Å². The fraction of sp³-hybridized carbons (Fsp3) is 0.643. The number of hydrogen-bond donors (Lipinski definition) is 2. The highest BCUT2D eigenvalue weighted by atomic mass is 16.5. The molecule has 0 bridgehead atoms. The number of amides is 3. The summed E-state index contributed by atoms with van der Waals surface area (Å²) in [7, 11) is 0. The van der Waals surface area contributed by atoms with Gasteiger partial charge in [-0.05, 0) is 0 Å². The summed E-state index contributed by atoms with van der Waals surface area (Å²) in [5.41, 5.74) is 5.35. The van der Waals surface area contributed by atoms with Crippen LogP contribution >= 0.6 is 0 Å². The van der Waals surface area contributed by atoms with Gasteiger partial charge in [0.25, 0.3) is 0 Å². The minimum atomic E-state index is -0.571. The molecule has 1 fully saturated rings. The lowest BCUT2D eigenvalue weighted by atomic mass is 10.0. The van der Waals surface area contributed by atoms with Crippen LogP contribution in [0.2, 0.25) is 0 Å². The number of carbonyl (C=O) groups excluding carboxylic acids is 3. The normalized spacial score (nSPS) is 20.5. The molecule has 1 aliphatic heterocycles. The molecule has 0 radical (unpaired) electrons. The lowest BCUT2D eigenvalue weighted by Gasteiger charge is -2.16. The number of primary amides is 1. The van der Waals surface area contributed by atoms with Crippen molar-refractivity contribution < 1.29 is 18.9 Å². The van der Waals surface area contributed by atoms with E-state index in [0.717, 1.165) is 0 Å². The molecule has 3 amide bonds. The summed E-state index contributed by atoms with van der Waals surface area (Å²) in [6, 6.07) is -0.460. The van der Waals surface area contributed by atoms with Crippen molar-refractivity contribution in [1.82, 2.24) is 20.4 Å². The third kappa shape index (κ3) is 4.27. The van der Waals surface area contributed by atoms with E-state index in [0.29, 0.717) is 24.6 Å². The molecule has 1 aliphatic rings. The molecule has 1 saturated heterocycles. The van der Waals surface area contributed by atoms with Gasteiger partial charge in [-0.2, -0.15) is 4.98 Å². The largest absolute Gasteiger partial charge is 0.369 e. The van der Waals surface area contributed by atoms with Gasteiger partial charge in [-0.25, -0.2) is 0 Å². The van der Waals surface area contributed by atoms with Crippen molar-refractivity contribution in [3.8, 4) is 0 Å². The van der Waals surface area contributed by atoms with Gasteiger partial charge >= 0.3 is 0 Å². The van der Waals surface area contributed by atoms with Gasteiger partial charge in [-0.3, -0.25) is 14.4 Å². The van der Waals surface area contributed by atoms with Crippen LogP contribution in [0.25, 0.3) is 0 Å². The highest BCUT2D eigenvalue weighted by Gasteiger charge is 2.38. The van der Waals surface area contributed by atoms with Gasteiger partial charge in [0.15, 0.2) is 5.82 Å². The number of nitrogens with zero attached hydrogens (tertiary/aromatic N) is 3. The topological polar surface area (TPSA) is 131 Å². The fourth-order valence-corrected chi connectivity index (χ4v) is 2.53. The van der Waals surface area contributed by atoms with E-state index >= 15 is 0 Å². The molecule has 9 nitrogen and oxygen atoms in total. The maximum absolute atomic E-state index is 12.0. The molecule has 2 atom stereocenters. The Kier molecular flexibility index (Phi) is 5.30. The summed E-state index contributed by atoms with van der Waals surface area (Å²) < 4.78 is 5.02. The number of hydrogen-bond acceptors (Lipinski definition) is 6. The maximum Gasteiger partial charge on any atom is 0.227 e. The Bertz CT molecular complexity index is 600. The molecule has 0 unspecified atom stereocenters. The van der Waals surface area contributed by atoms with E-state index in [1.807, 2.05) is 6.92 Å². The summed E-state index contributed by atoms with van der Waals surface area (Å²) in [5, 5.41) is 6.52. The number of likely N-dealkylation sites (tertiary alicyclic amines) is 1. The van der Waals surface area contributed by atoms with Crippen molar-refractivity contribution in [2.45, 2.75) is 39.2 Å². The van der Waals surface area contributed by atoms with Crippen LogP contribution in [0.15, 0.2) is 4.52 Å². The Morgan fingerprint density at radius 1 is 1.39 bits per heavy atom. The quantitative estimate of drug-likeness (QED) is 0.691. The van der Waals surface area contributed by atoms with Gasteiger partial charge in [0.05, 0.1) is 12.0 Å². The van der Waals surface area contributed by atoms with E-state index in [-0.39, 0.29) is 31.3 Å². The van der Waals surface area contributed by atoms with Crippen molar-refractivity contribution in [3.05, 3.63) is 11.7 Å². The van der Waals surface area contributed by atoms with Gasteiger partial charge in [0.2, 0.25) is 23.6 Å². The number of nitrogens with one attached hydrogen (secondary N) is 1. The van der Waals surface area contributed by atoms with Gasteiger partial charge in [-0.1, -0.05) is 12.1 Å². The molecule has 1 aromatic rings. The second kappa shape index (κ2) is 7.21. The molecule has 126 valence electrons. The Labute approximate surface area is 133 Å². The van der Waals surface area contributed by atoms with Crippen molar-refractivity contribution in [1.29, 1.82) is 0 Å². The number of aryl methyl sites for hydroxylation is 2. The predicted molar refractivity (Wildman–Crippen MR) is 78.9 cm³/mol. The molecule has 1 aromatic heterocycles. The van der Waals surface area contributed by atoms with Crippen molar-refractivity contribution in [3.63, 3.8) is 0 Å². The molecular formula is C14H21N5O4. The zero-order valence-electron chi connectivity index (χ0n) is 13.2. The monoisotopic (exact) mass is 323 g/mol. The lowest BCUT2D eigenvalue weighted by molar-refractivity contribution is -0.128. The van der Waals surface area contributed by atoms with Crippen molar-refractivity contribution in [2.75, 3.05) is 13.1 Å². The van der Waals surface area contributed by atoms with Crippen LogP contribution in [-0.4, -0.2) is 51.9 Å². The minimum Gasteiger partial charge on any atom is -0.369 e. The van der Waals surface area contributed by atoms with E-state index in [2.05, 4.69) is 15.5 Å². The van der Waals surface area contributed by atoms with Gasteiger partial charge in [0, 0.05) is 39.3 Å². The van der Waals surface area contributed by atoms with Crippen molar-refractivity contribution >= 4 is 17.7 Å². The molecule has 3 N–H and O–H groups in total. The lowest BCUT2D eigenvalue weighted by Crippen LogP contribution is -2.45. The number of aromatic nitrogens is 2. The maximum atomic E-state index is 12.0. The molecular weight excluding hydrogens is 302 g/mol. The predicted octanol–water partition coefficient (Wildman–Crippen LogP) is -0.987. The summed E-state index contributed by atoms with van der Waals surface area (Å²) in [5.74, 6) is -0.488. The fourth-order valence-electron chi connectivity index (χ4n) is 2.53. The first kappa shape index (κ1) is 16.9. The van der Waals surface area contributed by atoms with Gasteiger partial charge in [0.1, 0.15) is 0 Å². The standard InChI is InChI=1S/C14H21N5O4/c1-3-11-17-13(23-18-11)5-4-12(21)16-10-7-19(8(2)20)6-9(10)14(15)22/h9-10H,3-7H2,1-2H3,(H2,15,22)(H,16,21)/t9-,10+/m1/s1. The molecule has 0 spiro atoms. The smallest absolute Gasteiger partial charge is 0.227 e. The molecule has 2 rings (SSSR count). The molecule has 2 heterocycles. The first-order valence-corrected chi connectivity index (χ1v) is 7.56. The second-order valence-electron chi connectivity index (χ2n) is 5.56. The van der Waals surface area contributed by atoms with Gasteiger partial charge in [-0.15, -0.1) is 0 Å². The number of carbonyl (C=O) groups is 3. The van der Waals surface area contributed by atoms with E-state index < -0.39 is 17.9 Å². The van der Waals surface area contributed by atoms with Gasteiger partial charge < -0.3 is 20.5 Å². The van der Waals surface area contributed by atoms with E-state index in [1.54, 1.807) is 0 Å². The Morgan fingerprint density at radius 3 is 2.70 bits per heavy atom. The van der Waals surface area contributed by atoms with E-state index in [1.165, 1.54) is 11.8 Å². The van der Waals surface area contributed by atoms with Crippen LogP contribution in [-0.2, 0) is 27.2 Å². The van der Waals surface area contributed by atoms with Crippen molar-refractivity contribution in [2.24, 2.45) is 11.7 Å². The zero-order valence-corrected chi connectivity index (χ0v) is 13.2. The third-order valence-electron chi connectivity index (χ3n) is 3.87. The average Bonchev–Trinajstić information content (AvgIpc) is 3.11. The second-order valence-corrected chi connectivity index (χ2v) is 5.56. The highest BCUT2D eigenvalue weighted by molar-refractivity contribution is 5.83. The van der Waals surface area contributed by atoms with Crippen LogP contribution in [0, 0.1) is 5.92 Å². The Balaban J connectivity index is 1.87. The van der Waals surface area contributed by atoms with Crippen LogP contribution < -0.4 is 11.1 Å². The summed E-state index contributed by atoms with van der Waals surface area (Å²) in [6.45, 7) is 3.85. The Hall–Kier alpha value is -2.45. The molecule has 9 heteroatoms. The SMILES string of the molecule is CCc1noc(CCC(=O)N[C@H]2CN(C(C)=O)C[C@H]2C(N)=O)n1. The van der Waals surface area contributed by atoms with Crippen LogP contribution in [0.1, 0.15) is 32.0 Å². The first-order chi connectivity index (χ1) is 10.9. The molecule has 0 aromatic carbocycles. The summed E-state index contributed by atoms with van der Waals surface area (Å²) in [6.07, 6.45) is 1.15. The minimum absolute atomic E-state index is 0.147. The van der Waals surface area contributed by atoms with Crippen LogP contribution in [0.3, 0.4) is 0 Å². The van der Waals surface area contributed by atoms with E-state index in [9.17, 15) is 14.4 Å². The summed E-state index contributed by atoms with van der Waals surface area (Å²) in [4.78, 5) is 40.6. The van der Waals surface area contributed by atoms with E-state index in [4.69, 9.17) is 10.3 Å². The number of nitrogens with two attached hydrogens (primary N) is 1. The zero-order chi connectivity index (χ0) is 17.0. The third-order valence-corrected chi connectivity index (χ3v) is 3.87.